The highest BCUT2D eigenvalue weighted by atomic mass is 32.1. The van der Waals surface area contributed by atoms with Gasteiger partial charge in [-0.15, -0.1) is 11.3 Å². The normalized spacial score (nSPS) is 15.0. The van der Waals surface area contributed by atoms with Crippen LogP contribution in [0.15, 0.2) is 41.8 Å². The van der Waals surface area contributed by atoms with Crippen molar-refractivity contribution in [1.29, 1.82) is 0 Å². The molecule has 138 valence electrons. The molecular formula is C20H23FN2O2S. The van der Waals surface area contributed by atoms with Crippen LogP contribution in [0.3, 0.4) is 0 Å². The zero-order valence-electron chi connectivity index (χ0n) is 14.7. The highest BCUT2D eigenvalue weighted by Crippen LogP contribution is 2.13. The summed E-state index contributed by atoms with van der Waals surface area (Å²) >= 11 is 1.67. The lowest BCUT2D eigenvalue weighted by Gasteiger charge is -2.22. The van der Waals surface area contributed by atoms with Crippen LogP contribution < -0.4 is 0 Å². The lowest BCUT2D eigenvalue weighted by Crippen LogP contribution is -2.38. The molecule has 0 bridgehead atoms. The maximum absolute atomic E-state index is 13.3. The molecule has 26 heavy (non-hydrogen) atoms. The smallest absolute Gasteiger partial charge is 0.227 e. The summed E-state index contributed by atoms with van der Waals surface area (Å²) in [6.07, 6.45) is 2.26. The lowest BCUT2D eigenvalue weighted by atomic mass is 10.1. The van der Waals surface area contributed by atoms with Gasteiger partial charge in [-0.25, -0.2) is 4.39 Å². The Morgan fingerprint density at radius 1 is 1.00 bits per heavy atom. The van der Waals surface area contributed by atoms with E-state index in [1.165, 1.54) is 17.0 Å². The second-order valence-corrected chi connectivity index (χ2v) is 7.53. The standard InChI is InChI=1S/C20H23FN2O2S/c21-17-5-1-4-16(14-17)15-20(25)23-10-3-9-22(11-12-23)19(24)8-7-18-6-2-13-26-18/h1-2,4-6,13-14H,3,7-12,15H2. The summed E-state index contributed by atoms with van der Waals surface area (Å²) in [5.74, 6) is -0.185. The van der Waals surface area contributed by atoms with Gasteiger partial charge in [-0.2, -0.15) is 0 Å². The molecule has 0 unspecified atom stereocenters. The first kappa shape index (κ1) is 18.6. The number of carbonyl (C=O) groups excluding carboxylic acids is 2. The number of amides is 2. The molecule has 1 aliphatic rings. The summed E-state index contributed by atoms with van der Waals surface area (Å²) in [6, 6.07) is 10.2. The van der Waals surface area contributed by atoms with Gasteiger partial charge in [0.25, 0.3) is 0 Å². The van der Waals surface area contributed by atoms with Gasteiger partial charge < -0.3 is 9.80 Å². The van der Waals surface area contributed by atoms with Crippen molar-refractivity contribution in [3.05, 3.63) is 58.0 Å². The van der Waals surface area contributed by atoms with E-state index in [-0.39, 0.29) is 24.1 Å². The Hall–Kier alpha value is -2.21. The first-order valence-electron chi connectivity index (χ1n) is 8.94. The molecule has 0 saturated carbocycles. The molecule has 0 aliphatic carbocycles. The van der Waals surface area contributed by atoms with E-state index in [4.69, 9.17) is 0 Å². The molecule has 2 heterocycles. The minimum Gasteiger partial charge on any atom is -0.341 e. The van der Waals surface area contributed by atoms with Crippen LogP contribution in [0.5, 0.6) is 0 Å². The van der Waals surface area contributed by atoms with Gasteiger partial charge >= 0.3 is 0 Å². The molecule has 0 radical (unpaired) electrons. The second-order valence-electron chi connectivity index (χ2n) is 6.50. The Morgan fingerprint density at radius 2 is 1.77 bits per heavy atom. The SMILES string of the molecule is O=C(CCc1cccs1)N1CCCN(C(=O)Cc2cccc(F)c2)CC1. The number of hydrogen-bond donors (Lipinski definition) is 0. The number of benzene rings is 1. The quantitative estimate of drug-likeness (QED) is 0.807. The molecule has 2 amide bonds. The number of hydrogen-bond acceptors (Lipinski definition) is 3. The zero-order chi connectivity index (χ0) is 18.4. The first-order chi connectivity index (χ1) is 12.6. The number of rotatable bonds is 5. The van der Waals surface area contributed by atoms with E-state index in [2.05, 4.69) is 0 Å². The number of halogens is 1. The molecule has 0 atom stereocenters. The zero-order valence-corrected chi connectivity index (χ0v) is 15.5. The Labute approximate surface area is 157 Å². The lowest BCUT2D eigenvalue weighted by molar-refractivity contribution is -0.133. The summed E-state index contributed by atoms with van der Waals surface area (Å²) in [4.78, 5) is 29.8. The first-order valence-corrected chi connectivity index (χ1v) is 9.82. The Bertz CT molecular complexity index is 748. The van der Waals surface area contributed by atoms with Crippen molar-refractivity contribution in [2.75, 3.05) is 26.2 Å². The fourth-order valence-corrected chi connectivity index (χ4v) is 3.90. The van der Waals surface area contributed by atoms with Crippen LogP contribution in [0.4, 0.5) is 4.39 Å². The monoisotopic (exact) mass is 374 g/mol. The average molecular weight is 374 g/mol. The van der Waals surface area contributed by atoms with Gasteiger partial charge in [-0.3, -0.25) is 9.59 Å². The molecular weight excluding hydrogens is 351 g/mol. The maximum atomic E-state index is 13.3. The van der Waals surface area contributed by atoms with Gasteiger partial charge in [0, 0.05) is 37.5 Å². The van der Waals surface area contributed by atoms with E-state index >= 15 is 0 Å². The van der Waals surface area contributed by atoms with Gasteiger partial charge in [0.05, 0.1) is 6.42 Å². The molecule has 1 fully saturated rings. The summed E-state index contributed by atoms with van der Waals surface area (Å²) in [6.45, 7) is 2.44. The van der Waals surface area contributed by atoms with Crippen molar-refractivity contribution in [2.45, 2.75) is 25.7 Å². The molecule has 4 nitrogen and oxygen atoms in total. The summed E-state index contributed by atoms with van der Waals surface area (Å²) in [5, 5.41) is 2.02. The van der Waals surface area contributed by atoms with Crippen LogP contribution in [0.2, 0.25) is 0 Å². The molecule has 1 aliphatic heterocycles. The molecule has 3 rings (SSSR count). The third-order valence-corrected chi connectivity index (χ3v) is 5.55. The van der Waals surface area contributed by atoms with E-state index in [1.807, 2.05) is 22.4 Å². The van der Waals surface area contributed by atoms with E-state index < -0.39 is 0 Å². The van der Waals surface area contributed by atoms with E-state index in [9.17, 15) is 14.0 Å². The third-order valence-electron chi connectivity index (χ3n) is 4.61. The van der Waals surface area contributed by atoms with Gasteiger partial charge in [0.1, 0.15) is 5.82 Å². The third kappa shape index (κ3) is 5.14. The minimum atomic E-state index is -0.325. The van der Waals surface area contributed by atoms with Gasteiger partial charge in [-0.1, -0.05) is 18.2 Å². The van der Waals surface area contributed by atoms with Gasteiger partial charge in [0.15, 0.2) is 0 Å². The van der Waals surface area contributed by atoms with Gasteiger partial charge in [-0.05, 0) is 42.0 Å². The number of thiophene rings is 1. The molecule has 1 saturated heterocycles. The molecule has 1 aromatic carbocycles. The largest absolute Gasteiger partial charge is 0.341 e. The maximum Gasteiger partial charge on any atom is 0.227 e. The summed E-state index contributed by atoms with van der Waals surface area (Å²) in [7, 11) is 0. The molecule has 6 heteroatoms. The average Bonchev–Trinajstić information content (AvgIpc) is 3.02. The minimum absolute atomic E-state index is 0.0107. The fourth-order valence-electron chi connectivity index (χ4n) is 3.19. The Morgan fingerprint density at radius 3 is 2.46 bits per heavy atom. The van der Waals surface area contributed by atoms with Crippen molar-refractivity contribution >= 4 is 23.2 Å². The summed E-state index contributed by atoms with van der Waals surface area (Å²) < 4.78 is 13.3. The van der Waals surface area contributed by atoms with Crippen molar-refractivity contribution in [3.63, 3.8) is 0 Å². The van der Waals surface area contributed by atoms with Crippen molar-refractivity contribution in [3.8, 4) is 0 Å². The van der Waals surface area contributed by atoms with E-state index in [0.717, 1.165) is 12.8 Å². The molecule has 0 spiro atoms. The Balaban J connectivity index is 1.49. The Kier molecular flexibility index (Phi) is 6.39. The fraction of sp³-hybridized carbons (Fsp3) is 0.400. The molecule has 1 aromatic heterocycles. The van der Waals surface area contributed by atoms with Crippen LogP contribution >= 0.6 is 11.3 Å². The predicted octanol–water partition coefficient (Wildman–Crippen LogP) is 3.12. The van der Waals surface area contributed by atoms with Crippen molar-refractivity contribution in [2.24, 2.45) is 0 Å². The number of aryl methyl sites for hydroxylation is 1. The van der Waals surface area contributed by atoms with E-state index in [0.29, 0.717) is 38.2 Å². The van der Waals surface area contributed by atoms with Crippen LogP contribution in [0.1, 0.15) is 23.3 Å². The van der Waals surface area contributed by atoms with Gasteiger partial charge in [0.2, 0.25) is 11.8 Å². The van der Waals surface area contributed by atoms with Crippen LogP contribution in [0, 0.1) is 5.82 Å². The predicted molar refractivity (Wildman–Crippen MR) is 101 cm³/mol. The van der Waals surface area contributed by atoms with Crippen molar-refractivity contribution < 1.29 is 14.0 Å². The summed E-state index contributed by atoms with van der Waals surface area (Å²) in [5.41, 5.74) is 0.683. The van der Waals surface area contributed by atoms with Crippen LogP contribution in [0.25, 0.3) is 0 Å². The topological polar surface area (TPSA) is 40.6 Å². The highest BCUT2D eigenvalue weighted by Gasteiger charge is 2.22. The molecule has 0 N–H and O–H groups in total. The highest BCUT2D eigenvalue weighted by molar-refractivity contribution is 7.09. The molecule has 2 aromatic rings. The van der Waals surface area contributed by atoms with E-state index in [1.54, 1.807) is 28.4 Å². The van der Waals surface area contributed by atoms with Crippen LogP contribution in [-0.4, -0.2) is 47.8 Å². The number of nitrogens with zero attached hydrogens (tertiary/aromatic N) is 2. The van der Waals surface area contributed by atoms with Crippen LogP contribution in [-0.2, 0) is 22.4 Å². The van der Waals surface area contributed by atoms with Crippen molar-refractivity contribution in [1.82, 2.24) is 9.80 Å². The number of carbonyl (C=O) groups is 2. The second kappa shape index (κ2) is 8.94.